The van der Waals surface area contributed by atoms with E-state index >= 15 is 0 Å². The lowest BCUT2D eigenvalue weighted by Crippen LogP contribution is -1.87. The summed E-state index contributed by atoms with van der Waals surface area (Å²) in [5, 5.41) is 0. The molecule has 16 heavy (non-hydrogen) atoms. The SMILES string of the molecule is Cc1cccc(C#Cc2cnc(C)nc2)c1. The van der Waals surface area contributed by atoms with Crippen molar-refractivity contribution in [2.75, 3.05) is 0 Å². The van der Waals surface area contributed by atoms with Crippen LogP contribution in [0.1, 0.15) is 22.5 Å². The average Bonchev–Trinajstić information content (AvgIpc) is 2.28. The number of rotatable bonds is 0. The predicted octanol–water partition coefficient (Wildman–Crippen LogP) is 2.49. The molecule has 1 aromatic heterocycles. The number of aromatic nitrogens is 2. The van der Waals surface area contributed by atoms with Gasteiger partial charge in [-0.15, -0.1) is 0 Å². The fourth-order valence-electron chi connectivity index (χ4n) is 1.32. The summed E-state index contributed by atoms with van der Waals surface area (Å²) in [6, 6.07) is 8.11. The van der Waals surface area contributed by atoms with Crippen molar-refractivity contribution in [3.05, 3.63) is 59.2 Å². The van der Waals surface area contributed by atoms with Crippen molar-refractivity contribution < 1.29 is 0 Å². The van der Waals surface area contributed by atoms with Gasteiger partial charge in [0.25, 0.3) is 0 Å². The second-order valence-corrected chi connectivity index (χ2v) is 3.64. The van der Waals surface area contributed by atoms with E-state index in [1.54, 1.807) is 12.4 Å². The number of aryl methyl sites for hydroxylation is 2. The zero-order valence-electron chi connectivity index (χ0n) is 9.36. The van der Waals surface area contributed by atoms with Crippen LogP contribution >= 0.6 is 0 Å². The van der Waals surface area contributed by atoms with Gasteiger partial charge in [-0.3, -0.25) is 0 Å². The molecule has 1 heterocycles. The molecule has 0 N–H and O–H groups in total. The van der Waals surface area contributed by atoms with Crippen molar-refractivity contribution in [1.82, 2.24) is 9.97 Å². The Bertz CT molecular complexity index is 545. The number of hydrogen-bond donors (Lipinski definition) is 0. The van der Waals surface area contributed by atoms with Crippen molar-refractivity contribution in [1.29, 1.82) is 0 Å². The van der Waals surface area contributed by atoms with E-state index in [0.29, 0.717) is 0 Å². The summed E-state index contributed by atoms with van der Waals surface area (Å²) >= 11 is 0. The standard InChI is InChI=1S/C14H12N2/c1-11-4-3-5-13(8-11)6-7-14-9-15-12(2)16-10-14/h3-5,8-10H,1-2H3. The fourth-order valence-corrected chi connectivity index (χ4v) is 1.32. The molecule has 2 rings (SSSR count). The molecule has 0 saturated carbocycles. The molecular formula is C14H12N2. The fraction of sp³-hybridized carbons (Fsp3) is 0.143. The molecule has 2 aromatic rings. The van der Waals surface area contributed by atoms with Crippen LogP contribution in [0.3, 0.4) is 0 Å². The molecule has 78 valence electrons. The van der Waals surface area contributed by atoms with Gasteiger partial charge in [0.1, 0.15) is 5.82 Å². The third-order valence-corrected chi connectivity index (χ3v) is 2.15. The quantitative estimate of drug-likeness (QED) is 0.622. The summed E-state index contributed by atoms with van der Waals surface area (Å²) in [4.78, 5) is 8.19. The maximum absolute atomic E-state index is 4.10. The third-order valence-electron chi connectivity index (χ3n) is 2.15. The van der Waals surface area contributed by atoms with E-state index in [4.69, 9.17) is 0 Å². The molecule has 0 aliphatic carbocycles. The van der Waals surface area contributed by atoms with E-state index in [-0.39, 0.29) is 0 Å². The Morgan fingerprint density at radius 3 is 2.31 bits per heavy atom. The number of hydrogen-bond acceptors (Lipinski definition) is 2. The van der Waals surface area contributed by atoms with Gasteiger partial charge in [0.05, 0.1) is 5.56 Å². The molecule has 2 heteroatoms. The molecule has 0 radical (unpaired) electrons. The van der Waals surface area contributed by atoms with Gasteiger partial charge in [-0.1, -0.05) is 24.0 Å². The second-order valence-electron chi connectivity index (χ2n) is 3.64. The molecule has 0 atom stereocenters. The molecule has 2 nitrogen and oxygen atoms in total. The molecule has 0 saturated heterocycles. The minimum absolute atomic E-state index is 0.765. The summed E-state index contributed by atoms with van der Waals surface area (Å²) in [7, 11) is 0. The predicted molar refractivity (Wildman–Crippen MR) is 63.9 cm³/mol. The van der Waals surface area contributed by atoms with Crippen molar-refractivity contribution in [3.8, 4) is 11.8 Å². The topological polar surface area (TPSA) is 25.8 Å². The Morgan fingerprint density at radius 1 is 0.938 bits per heavy atom. The molecular weight excluding hydrogens is 196 g/mol. The molecule has 0 spiro atoms. The van der Waals surface area contributed by atoms with Crippen LogP contribution in [0.4, 0.5) is 0 Å². The number of benzene rings is 1. The summed E-state index contributed by atoms with van der Waals surface area (Å²) in [6.07, 6.45) is 3.48. The van der Waals surface area contributed by atoms with Crippen LogP contribution in [0, 0.1) is 25.7 Å². The van der Waals surface area contributed by atoms with E-state index in [2.05, 4.69) is 40.9 Å². The maximum Gasteiger partial charge on any atom is 0.125 e. The Balaban J connectivity index is 2.25. The van der Waals surface area contributed by atoms with Gasteiger partial charge in [-0.2, -0.15) is 0 Å². The first-order valence-corrected chi connectivity index (χ1v) is 5.11. The van der Waals surface area contributed by atoms with Crippen molar-refractivity contribution in [2.24, 2.45) is 0 Å². The van der Waals surface area contributed by atoms with Gasteiger partial charge in [0.2, 0.25) is 0 Å². The van der Waals surface area contributed by atoms with E-state index in [1.165, 1.54) is 5.56 Å². The van der Waals surface area contributed by atoms with Gasteiger partial charge >= 0.3 is 0 Å². The van der Waals surface area contributed by atoms with Gasteiger partial charge in [-0.05, 0) is 31.5 Å². The Kier molecular flexibility index (Phi) is 2.98. The van der Waals surface area contributed by atoms with Crippen LogP contribution in [0.15, 0.2) is 36.7 Å². The lowest BCUT2D eigenvalue weighted by atomic mass is 10.1. The largest absolute Gasteiger partial charge is 0.240 e. The molecule has 0 aliphatic rings. The van der Waals surface area contributed by atoms with E-state index < -0.39 is 0 Å². The highest BCUT2D eigenvalue weighted by molar-refractivity contribution is 5.42. The van der Waals surface area contributed by atoms with Crippen LogP contribution in [0.5, 0.6) is 0 Å². The van der Waals surface area contributed by atoms with Gasteiger partial charge in [-0.25, -0.2) is 9.97 Å². The second kappa shape index (κ2) is 4.59. The summed E-state index contributed by atoms with van der Waals surface area (Å²) in [6.45, 7) is 3.91. The van der Waals surface area contributed by atoms with E-state index in [0.717, 1.165) is 17.0 Å². The Hall–Kier alpha value is -2.14. The molecule has 0 amide bonds. The zero-order valence-corrected chi connectivity index (χ0v) is 9.36. The van der Waals surface area contributed by atoms with Crippen LogP contribution < -0.4 is 0 Å². The molecule has 0 aliphatic heterocycles. The Labute approximate surface area is 95.4 Å². The van der Waals surface area contributed by atoms with E-state index in [1.807, 2.05) is 19.1 Å². The van der Waals surface area contributed by atoms with Crippen LogP contribution in [0.2, 0.25) is 0 Å². The first kappa shape index (κ1) is 10.4. The highest BCUT2D eigenvalue weighted by Gasteiger charge is 1.89. The summed E-state index contributed by atoms with van der Waals surface area (Å²) in [5.41, 5.74) is 3.07. The van der Waals surface area contributed by atoms with Crippen LogP contribution in [-0.4, -0.2) is 9.97 Å². The highest BCUT2D eigenvalue weighted by Crippen LogP contribution is 2.02. The summed E-state index contributed by atoms with van der Waals surface area (Å²) < 4.78 is 0. The first-order valence-electron chi connectivity index (χ1n) is 5.11. The number of nitrogens with zero attached hydrogens (tertiary/aromatic N) is 2. The molecule has 0 bridgehead atoms. The van der Waals surface area contributed by atoms with Crippen molar-refractivity contribution >= 4 is 0 Å². The molecule has 0 fully saturated rings. The summed E-state index contributed by atoms with van der Waals surface area (Å²) in [5.74, 6) is 6.90. The first-order chi connectivity index (χ1) is 7.74. The van der Waals surface area contributed by atoms with Crippen LogP contribution in [0.25, 0.3) is 0 Å². The molecule has 1 aromatic carbocycles. The van der Waals surface area contributed by atoms with Gasteiger partial charge in [0.15, 0.2) is 0 Å². The molecule has 0 unspecified atom stereocenters. The lowest BCUT2D eigenvalue weighted by Gasteiger charge is -1.93. The normalized spacial score (nSPS) is 9.38. The third kappa shape index (κ3) is 2.68. The highest BCUT2D eigenvalue weighted by atomic mass is 14.8. The monoisotopic (exact) mass is 208 g/mol. The van der Waals surface area contributed by atoms with Crippen molar-refractivity contribution in [3.63, 3.8) is 0 Å². The lowest BCUT2D eigenvalue weighted by molar-refractivity contribution is 1.05. The van der Waals surface area contributed by atoms with Crippen LogP contribution in [-0.2, 0) is 0 Å². The Morgan fingerprint density at radius 2 is 1.62 bits per heavy atom. The average molecular weight is 208 g/mol. The van der Waals surface area contributed by atoms with E-state index in [9.17, 15) is 0 Å². The van der Waals surface area contributed by atoms with Gasteiger partial charge < -0.3 is 0 Å². The smallest absolute Gasteiger partial charge is 0.125 e. The van der Waals surface area contributed by atoms with Crippen molar-refractivity contribution in [2.45, 2.75) is 13.8 Å². The minimum atomic E-state index is 0.765. The minimum Gasteiger partial charge on any atom is -0.240 e. The maximum atomic E-state index is 4.10. The zero-order chi connectivity index (χ0) is 11.4. The van der Waals surface area contributed by atoms with Gasteiger partial charge in [0, 0.05) is 18.0 Å².